The third kappa shape index (κ3) is 4.12. The predicted octanol–water partition coefficient (Wildman–Crippen LogP) is 6.15. The second-order valence-corrected chi connectivity index (χ2v) is 7.06. The van der Waals surface area contributed by atoms with Crippen LogP contribution in [0.4, 0.5) is 17.1 Å². The maximum Gasteiger partial charge on any atom is 0.152 e. The van der Waals surface area contributed by atoms with Gasteiger partial charge in [-0.1, -0.05) is 30.3 Å². The number of ether oxygens (including phenoxy) is 1. The van der Waals surface area contributed by atoms with E-state index in [0.717, 1.165) is 29.1 Å². The molecule has 0 heterocycles. The van der Waals surface area contributed by atoms with Crippen LogP contribution in [0.2, 0.25) is 0 Å². The first-order valence-corrected chi connectivity index (χ1v) is 8.66. The van der Waals surface area contributed by atoms with Crippen LogP contribution in [-0.4, -0.2) is 11.9 Å². The molecule has 0 amide bonds. The summed E-state index contributed by atoms with van der Waals surface area (Å²) in [5, 5.41) is 0. The van der Waals surface area contributed by atoms with Crippen molar-refractivity contribution in [2.45, 2.75) is 26.4 Å². The average Bonchev–Trinajstić information content (AvgIpc) is 2.63. The molecule has 0 N–H and O–H groups in total. The first-order valence-electron chi connectivity index (χ1n) is 8.66. The zero-order chi connectivity index (χ0) is 18.6. The Morgan fingerprint density at radius 1 is 0.769 bits per heavy atom. The first kappa shape index (κ1) is 17.7. The highest BCUT2D eigenvalue weighted by molar-refractivity contribution is 5.90. The van der Waals surface area contributed by atoms with Crippen LogP contribution in [0.25, 0.3) is 0 Å². The summed E-state index contributed by atoms with van der Waals surface area (Å²) in [6.45, 7) is 6.08. The van der Waals surface area contributed by atoms with Gasteiger partial charge >= 0.3 is 0 Å². The van der Waals surface area contributed by atoms with Gasteiger partial charge in [0.25, 0.3) is 0 Å². The van der Waals surface area contributed by atoms with E-state index in [1.165, 1.54) is 0 Å². The number of hydrogen-bond acceptors (Lipinski definition) is 3. The number of para-hydroxylation sites is 2. The molecule has 0 unspecified atom stereocenters. The van der Waals surface area contributed by atoms with Crippen molar-refractivity contribution in [1.82, 2.24) is 0 Å². The van der Waals surface area contributed by atoms with Gasteiger partial charge in [-0.15, -0.1) is 0 Å². The lowest BCUT2D eigenvalue weighted by Gasteiger charge is -2.27. The van der Waals surface area contributed by atoms with Gasteiger partial charge in [0.1, 0.15) is 11.4 Å². The van der Waals surface area contributed by atoms with Crippen LogP contribution in [0.1, 0.15) is 31.1 Å². The lowest BCUT2D eigenvalue weighted by molar-refractivity contribution is 0.112. The van der Waals surface area contributed by atoms with Crippen LogP contribution in [0.15, 0.2) is 78.9 Å². The average molecular weight is 345 g/mol. The number of nitrogens with zero attached hydrogens (tertiary/aromatic N) is 1. The quantitative estimate of drug-likeness (QED) is 0.520. The summed E-state index contributed by atoms with van der Waals surface area (Å²) in [6.07, 6.45) is 0.891. The number of carbonyl (C=O) groups is 1. The van der Waals surface area contributed by atoms with Crippen LogP contribution in [0.3, 0.4) is 0 Å². The van der Waals surface area contributed by atoms with Gasteiger partial charge in [0.15, 0.2) is 6.29 Å². The molecule has 0 saturated carbocycles. The van der Waals surface area contributed by atoms with Gasteiger partial charge in [-0.2, -0.15) is 0 Å². The van der Waals surface area contributed by atoms with Crippen molar-refractivity contribution in [1.29, 1.82) is 0 Å². The minimum atomic E-state index is -0.245. The molecule has 0 bridgehead atoms. The van der Waals surface area contributed by atoms with E-state index >= 15 is 0 Å². The molecule has 0 aliphatic rings. The fraction of sp³-hybridized carbons (Fsp3) is 0.174. The first-order chi connectivity index (χ1) is 12.5. The van der Waals surface area contributed by atoms with Gasteiger partial charge in [0.2, 0.25) is 0 Å². The third-order valence-corrected chi connectivity index (χ3v) is 3.84. The summed E-state index contributed by atoms with van der Waals surface area (Å²) >= 11 is 0. The SMILES string of the molecule is CC(C)(C)Oc1ccc(N(c2ccccc2)c2ccccc2C=O)cc1. The molecule has 3 heteroatoms. The van der Waals surface area contributed by atoms with Crippen molar-refractivity contribution < 1.29 is 9.53 Å². The van der Waals surface area contributed by atoms with Gasteiger partial charge in [0.05, 0.1) is 5.69 Å². The van der Waals surface area contributed by atoms with Crippen LogP contribution in [0.5, 0.6) is 5.75 Å². The number of aldehydes is 1. The van der Waals surface area contributed by atoms with Crippen molar-refractivity contribution in [2.24, 2.45) is 0 Å². The third-order valence-electron chi connectivity index (χ3n) is 3.84. The number of anilines is 3. The zero-order valence-corrected chi connectivity index (χ0v) is 15.3. The minimum absolute atomic E-state index is 0.245. The maximum absolute atomic E-state index is 11.6. The molecule has 3 rings (SSSR count). The Labute approximate surface area is 154 Å². The summed E-state index contributed by atoms with van der Waals surface area (Å²) in [4.78, 5) is 13.6. The second kappa shape index (κ2) is 7.44. The monoisotopic (exact) mass is 345 g/mol. The molecular weight excluding hydrogens is 322 g/mol. The van der Waals surface area contributed by atoms with E-state index in [1.54, 1.807) is 0 Å². The van der Waals surface area contributed by atoms with E-state index < -0.39 is 0 Å². The summed E-state index contributed by atoms with van der Waals surface area (Å²) in [6, 6.07) is 25.5. The Morgan fingerprint density at radius 2 is 1.35 bits per heavy atom. The van der Waals surface area contributed by atoms with Crippen LogP contribution in [-0.2, 0) is 0 Å². The van der Waals surface area contributed by atoms with E-state index in [4.69, 9.17) is 4.74 Å². The highest BCUT2D eigenvalue weighted by atomic mass is 16.5. The topological polar surface area (TPSA) is 29.5 Å². The van der Waals surface area contributed by atoms with E-state index in [9.17, 15) is 4.79 Å². The predicted molar refractivity (Wildman–Crippen MR) is 107 cm³/mol. The molecule has 3 aromatic carbocycles. The normalized spacial score (nSPS) is 11.0. The summed E-state index contributed by atoms with van der Waals surface area (Å²) in [5.41, 5.74) is 3.20. The number of benzene rings is 3. The molecule has 0 aromatic heterocycles. The highest BCUT2D eigenvalue weighted by Crippen LogP contribution is 2.36. The number of hydrogen-bond donors (Lipinski definition) is 0. The molecule has 0 radical (unpaired) electrons. The van der Waals surface area contributed by atoms with Gasteiger partial charge < -0.3 is 9.64 Å². The molecule has 26 heavy (non-hydrogen) atoms. The lowest BCUT2D eigenvalue weighted by Crippen LogP contribution is -2.22. The molecule has 0 aliphatic carbocycles. The fourth-order valence-corrected chi connectivity index (χ4v) is 2.81. The Bertz CT molecular complexity index is 865. The largest absolute Gasteiger partial charge is 0.488 e. The highest BCUT2D eigenvalue weighted by Gasteiger charge is 2.16. The van der Waals surface area contributed by atoms with Gasteiger partial charge in [-0.25, -0.2) is 0 Å². The molecule has 3 nitrogen and oxygen atoms in total. The molecule has 132 valence electrons. The number of carbonyl (C=O) groups excluding carboxylic acids is 1. The van der Waals surface area contributed by atoms with Crippen molar-refractivity contribution in [3.8, 4) is 5.75 Å². The Kier molecular flexibility index (Phi) is 5.08. The minimum Gasteiger partial charge on any atom is -0.488 e. The van der Waals surface area contributed by atoms with Crippen LogP contribution >= 0.6 is 0 Å². The summed E-state index contributed by atoms with van der Waals surface area (Å²) < 4.78 is 5.92. The van der Waals surface area contributed by atoms with E-state index in [0.29, 0.717) is 5.56 Å². The zero-order valence-electron chi connectivity index (χ0n) is 15.3. The standard InChI is InChI=1S/C23H23NO2/c1-23(2,3)26-21-15-13-20(14-16-21)24(19-10-5-4-6-11-19)22-12-8-7-9-18(22)17-25/h4-17H,1-3H3. The Morgan fingerprint density at radius 3 is 1.96 bits per heavy atom. The van der Waals surface area contributed by atoms with Gasteiger partial charge in [-0.05, 0) is 69.3 Å². The molecule has 0 atom stereocenters. The smallest absolute Gasteiger partial charge is 0.152 e. The van der Waals surface area contributed by atoms with Crippen molar-refractivity contribution >= 4 is 23.3 Å². The van der Waals surface area contributed by atoms with Gasteiger partial charge in [0, 0.05) is 16.9 Å². The van der Waals surface area contributed by atoms with Crippen LogP contribution in [0, 0.1) is 0 Å². The van der Waals surface area contributed by atoms with E-state index in [-0.39, 0.29) is 5.60 Å². The van der Waals surface area contributed by atoms with Crippen molar-refractivity contribution in [3.05, 3.63) is 84.4 Å². The lowest BCUT2D eigenvalue weighted by atomic mass is 10.1. The van der Waals surface area contributed by atoms with Gasteiger partial charge in [-0.3, -0.25) is 4.79 Å². The second-order valence-electron chi connectivity index (χ2n) is 7.06. The molecule has 0 saturated heterocycles. The molecule has 0 spiro atoms. The van der Waals surface area contributed by atoms with Crippen LogP contribution < -0.4 is 9.64 Å². The van der Waals surface area contributed by atoms with E-state index in [2.05, 4.69) is 4.90 Å². The Hall–Kier alpha value is -3.07. The molecular formula is C23H23NO2. The fourth-order valence-electron chi connectivity index (χ4n) is 2.81. The van der Waals surface area contributed by atoms with E-state index in [1.807, 2.05) is 99.6 Å². The van der Waals surface area contributed by atoms with Crippen molar-refractivity contribution in [3.63, 3.8) is 0 Å². The maximum atomic E-state index is 11.6. The molecule has 0 aliphatic heterocycles. The molecule has 3 aromatic rings. The Balaban J connectivity index is 2.06. The molecule has 0 fully saturated rings. The van der Waals surface area contributed by atoms with Crippen molar-refractivity contribution in [2.75, 3.05) is 4.90 Å². The number of rotatable bonds is 5. The summed E-state index contributed by atoms with van der Waals surface area (Å²) in [5.74, 6) is 0.818. The summed E-state index contributed by atoms with van der Waals surface area (Å²) in [7, 11) is 0.